The molecule has 0 saturated heterocycles. The maximum Gasteiger partial charge on any atom is 0.310 e. The number of para-hydroxylation sites is 1. The zero-order valence-electron chi connectivity index (χ0n) is 11.8. The van der Waals surface area contributed by atoms with Crippen LogP contribution < -0.4 is 10.1 Å². The van der Waals surface area contributed by atoms with E-state index in [4.69, 9.17) is 4.74 Å². The van der Waals surface area contributed by atoms with Crippen molar-refractivity contribution in [1.29, 1.82) is 0 Å². The number of carboxylic acid groups (broad SMARTS) is 1. The molecule has 1 aromatic carbocycles. The molecule has 2 aliphatic rings. The Kier molecular flexibility index (Phi) is 3.57. The monoisotopic (exact) mass is 289 g/mol. The van der Waals surface area contributed by atoms with Crippen molar-refractivity contribution in [2.24, 2.45) is 5.41 Å². The number of carbonyl (C=O) groups is 2. The summed E-state index contributed by atoms with van der Waals surface area (Å²) < 4.78 is 5.62. The van der Waals surface area contributed by atoms with Gasteiger partial charge in [-0.15, -0.1) is 0 Å². The summed E-state index contributed by atoms with van der Waals surface area (Å²) in [5.74, 6) is -0.178. The maximum atomic E-state index is 12.1. The van der Waals surface area contributed by atoms with Gasteiger partial charge in [0.25, 0.3) is 0 Å². The highest BCUT2D eigenvalue weighted by Crippen LogP contribution is 2.44. The summed E-state index contributed by atoms with van der Waals surface area (Å²) in [5.41, 5.74) is 0.239. The fourth-order valence-electron chi connectivity index (χ4n) is 3.08. The van der Waals surface area contributed by atoms with E-state index in [0.717, 1.165) is 24.2 Å². The Morgan fingerprint density at radius 3 is 2.76 bits per heavy atom. The Morgan fingerprint density at radius 2 is 2.10 bits per heavy atom. The molecule has 1 aliphatic heterocycles. The number of ether oxygens (including phenoxy) is 1. The van der Waals surface area contributed by atoms with E-state index in [0.29, 0.717) is 19.4 Å². The van der Waals surface area contributed by atoms with Gasteiger partial charge in [-0.2, -0.15) is 0 Å². The number of nitrogens with one attached hydrogen (secondary N) is 1. The molecule has 1 aliphatic carbocycles. The van der Waals surface area contributed by atoms with Crippen molar-refractivity contribution in [3.8, 4) is 5.75 Å². The van der Waals surface area contributed by atoms with Gasteiger partial charge in [-0.3, -0.25) is 9.59 Å². The molecule has 1 heterocycles. The Bertz CT molecular complexity index is 565. The fraction of sp³-hybridized carbons (Fsp3) is 0.500. The third-order valence-electron chi connectivity index (χ3n) is 4.51. The van der Waals surface area contributed by atoms with Gasteiger partial charge in [0.1, 0.15) is 12.4 Å². The van der Waals surface area contributed by atoms with Crippen LogP contribution in [-0.4, -0.2) is 29.6 Å². The van der Waals surface area contributed by atoms with E-state index in [1.54, 1.807) is 0 Å². The largest absolute Gasteiger partial charge is 0.491 e. The van der Waals surface area contributed by atoms with Gasteiger partial charge in [-0.05, 0) is 30.9 Å². The van der Waals surface area contributed by atoms with Crippen LogP contribution in [0.25, 0.3) is 0 Å². The first kappa shape index (κ1) is 13.9. The van der Waals surface area contributed by atoms with Crippen LogP contribution in [0.4, 0.5) is 0 Å². The summed E-state index contributed by atoms with van der Waals surface area (Å²) >= 11 is 0. The highest BCUT2D eigenvalue weighted by atomic mass is 16.5. The standard InChI is InChI=1S/C16H19NO4/c18-14(9-16(15(19)20)6-3-7-16)17-12-8-11-4-1-2-5-13(11)21-10-12/h1-2,4-5,12H,3,6-10H2,(H,17,18)(H,19,20). The zero-order valence-corrected chi connectivity index (χ0v) is 11.8. The van der Waals surface area contributed by atoms with Gasteiger partial charge in [-0.25, -0.2) is 0 Å². The molecule has 1 amide bonds. The second-order valence-corrected chi connectivity index (χ2v) is 6.00. The molecule has 1 unspecified atom stereocenters. The van der Waals surface area contributed by atoms with Crippen molar-refractivity contribution >= 4 is 11.9 Å². The molecule has 0 spiro atoms. The van der Waals surface area contributed by atoms with Gasteiger partial charge in [0.05, 0.1) is 11.5 Å². The van der Waals surface area contributed by atoms with Gasteiger partial charge >= 0.3 is 5.97 Å². The summed E-state index contributed by atoms with van der Waals surface area (Å²) in [4.78, 5) is 23.4. The van der Waals surface area contributed by atoms with Crippen LogP contribution in [0.15, 0.2) is 24.3 Å². The minimum Gasteiger partial charge on any atom is -0.491 e. The molecular weight excluding hydrogens is 270 g/mol. The highest BCUT2D eigenvalue weighted by molar-refractivity contribution is 5.85. The molecule has 5 nitrogen and oxygen atoms in total. The molecule has 0 radical (unpaired) electrons. The Hall–Kier alpha value is -2.04. The van der Waals surface area contributed by atoms with Crippen LogP contribution in [-0.2, 0) is 16.0 Å². The summed E-state index contributed by atoms with van der Waals surface area (Å²) in [5, 5.41) is 12.2. The molecule has 0 aromatic heterocycles. The lowest BCUT2D eigenvalue weighted by molar-refractivity contribution is -0.157. The Balaban J connectivity index is 1.58. The molecule has 1 saturated carbocycles. The minimum absolute atomic E-state index is 0.0699. The third-order valence-corrected chi connectivity index (χ3v) is 4.51. The topological polar surface area (TPSA) is 75.6 Å². The van der Waals surface area contributed by atoms with E-state index in [2.05, 4.69) is 5.32 Å². The summed E-state index contributed by atoms with van der Waals surface area (Å²) in [6.07, 6.45) is 2.88. The number of rotatable bonds is 4. The van der Waals surface area contributed by atoms with E-state index in [9.17, 15) is 14.7 Å². The molecule has 1 fully saturated rings. The number of fused-ring (bicyclic) bond motifs is 1. The molecule has 3 rings (SSSR count). The zero-order chi connectivity index (χ0) is 14.9. The van der Waals surface area contributed by atoms with Crippen molar-refractivity contribution in [3.63, 3.8) is 0 Å². The predicted molar refractivity (Wildman–Crippen MR) is 76.1 cm³/mol. The molecule has 1 aromatic rings. The number of carboxylic acids is 1. The quantitative estimate of drug-likeness (QED) is 0.885. The van der Waals surface area contributed by atoms with Gasteiger partial charge in [0.2, 0.25) is 5.91 Å². The van der Waals surface area contributed by atoms with Gasteiger partial charge in [-0.1, -0.05) is 24.6 Å². The van der Waals surface area contributed by atoms with Crippen molar-refractivity contribution in [2.75, 3.05) is 6.61 Å². The summed E-state index contributed by atoms with van der Waals surface area (Å²) in [7, 11) is 0. The van der Waals surface area contributed by atoms with Crippen molar-refractivity contribution in [2.45, 2.75) is 38.1 Å². The SMILES string of the molecule is O=C(CC1(C(=O)O)CCC1)NC1COc2ccccc2C1. The number of amides is 1. The highest BCUT2D eigenvalue weighted by Gasteiger charge is 2.46. The van der Waals surface area contributed by atoms with Crippen LogP contribution in [0.1, 0.15) is 31.2 Å². The van der Waals surface area contributed by atoms with Gasteiger partial charge in [0.15, 0.2) is 0 Å². The fourth-order valence-corrected chi connectivity index (χ4v) is 3.08. The average molecular weight is 289 g/mol. The number of aliphatic carboxylic acids is 1. The second-order valence-electron chi connectivity index (χ2n) is 6.00. The van der Waals surface area contributed by atoms with E-state index >= 15 is 0 Å². The lowest BCUT2D eigenvalue weighted by Gasteiger charge is -2.37. The smallest absolute Gasteiger partial charge is 0.310 e. The molecule has 21 heavy (non-hydrogen) atoms. The first-order chi connectivity index (χ1) is 10.1. The van der Waals surface area contributed by atoms with Crippen LogP contribution in [0.2, 0.25) is 0 Å². The number of carbonyl (C=O) groups excluding carboxylic acids is 1. The van der Waals surface area contributed by atoms with Crippen LogP contribution in [0.5, 0.6) is 5.75 Å². The first-order valence-corrected chi connectivity index (χ1v) is 7.32. The maximum absolute atomic E-state index is 12.1. The van der Waals surface area contributed by atoms with Crippen LogP contribution in [0, 0.1) is 5.41 Å². The number of hydrogen-bond donors (Lipinski definition) is 2. The van der Waals surface area contributed by atoms with Crippen molar-refractivity contribution in [1.82, 2.24) is 5.32 Å². The molecule has 0 bridgehead atoms. The van der Waals surface area contributed by atoms with Crippen molar-refractivity contribution in [3.05, 3.63) is 29.8 Å². The first-order valence-electron chi connectivity index (χ1n) is 7.32. The second kappa shape index (κ2) is 5.39. The van der Waals surface area contributed by atoms with Gasteiger partial charge in [0, 0.05) is 6.42 Å². The normalized spacial score (nSPS) is 22.4. The molecular formula is C16H19NO4. The van der Waals surface area contributed by atoms with Crippen LogP contribution >= 0.6 is 0 Å². The minimum atomic E-state index is -0.853. The number of benzene rings is 1. The number of hydrogen-bond acceptors (Lipinski definition) is 3. The van der Waals surface area contributed by atoms with E-state index in [-0.39, 0.29) is 18.4 Å². The molecule has 1 atom stereocenters. The van der Waals surface area contributed by atoms with E-state index in [1.807, 2.05) is 24.3 Å². The summed E-state index contributed by atoms with van der Waals surface area (Å²) in [6, 6.07) is 7.68. The Morgan fingerprint density at radius 1 is 1.33 bits per heavy atom. The van der Waals surface area contributed by atoms with Crippen molar-refractivity contribution < 1.29 is 19.4 Å². The average Bonchev–Trinajstić information content (AvgIpc) is 2.42. The molecule has 2 N–H and O–H groups in total. The molecule has 112 valence electrons. The molecule has 5 heteroatoms. The third kappa shape index (κ3) is 2.73. The summed E-state index contributed by atoms with van der Waals surface area (Å²) in [6.45, 7) is 0.433. The van der Waals surface area contributed by atoms with Crippen LogP contribution in [0.3, 0.4) is 0 Å². The lowest BCUT2D eigenvalue weighted by Crippen LogP contribution is -2.47. The lowest BCUT2D eigenvalue weighted by atomic mass is 9.66. The van der Waals surface area contributed by atoms with Gasteiger partial charge < -0.3 is 15.2 Å². The van der Waals surface area contributed by atoms with E-state index < -0.39 is 11.4 Å². The Labute approximate surface area is 123 Å². The predicted octanol–water partition coefficient (Wildman–Crippen LogP) is 1.75. The van der Waals surface area contributed by atoms with E-state index in [1.165, 1.54) is 0 Å².